The normalized spacial score (nSPS) is 12.8. The average Bonchev–Trinajstić information content (AvgIpc) is 2.79. The second-order valence-corrected chi connectivity index (χ2v) is 6.23. The Hall–Kier alpha value is -1.35. The van der Waals surface area contributed by atoms with Crippen LogP contribution >= 0.6 is 15.9 Å². The highest BCUT2D eigenvalue weighted by Gasteiger charge is 2.18. The van der Waals surface area contributed by atoms with Crippen molar-refractivity contribution in [2.24, 2.45) is 5.41 Å². The molecule has 0 amide bonds. The third kappa shape index (κ3) is 3.10. The molecular formula is C15H17BrN2. The van der Waals surface area contributed by atoms with Crippen molar-refractivity contribution in [2.45, 2.75) is 20.8 Å². The summed E-state index contributed by atoms with van der Waals surface area (Å²) in [5.74, 6) is 0. The Balaban J connectivity index is 2.47. The quantitative estimate of drug-likeness (QED) is 0.787. The lowest BCUT2D eigenvalue weighted by Gasteiger charge is -2.23. The molecule has 3 heteroatoms. The molecular weight excluding hydrogens is 288 g/mol. The zero-order chi connectivity index (χ0) is 13.2. The van der Waals surface area contributed by atoms with Crippen LogP contribution in [0.4, 0.5) is 0 Å². The number of benzene rings is 1. The van der Waals surface area contributed by atoms with Gasteiger partial charge in [-0.05, 0) is 28.7 Å². The topological polar surface area (TPSA) is 17.8 Å². The first-order chi connectivity index (χ1) is 8.47. The van der Waals surface area contributed by atoms with E-state index in [1.54, 1.807) is 6.20 Å². The van der Waals surface area contributed by atoms with Gasteiger partial charge in [0.05, 0.1) is 6.33 Å². The monoisotopic (exact) mass is 304 g/mol. The Morgan fingerprint density at radius 2 is 1.89 bits per heavy atom. The van der Waals surface area contributed by atoms with Crippen molar-refractivity contribution in [1.29, 1.82) is 0 Å². The number of halogens is 1. The molecule has 0 aliphatic rings. The van der Waals surface area contributed by atoms with Gasteiger partial charge in [-0.1, -0.05) is 48.8 Å². The number of rotatable bonds is 2. The van der Waals surface area contributed by atoms with Crippen LogP contribution in [0.25, 0.3) is 11.8 Å². The van der Waals surface area contributed by atoms with E-state index in [9.17, 15) is 0 Å². The van der Waals surface area contributed by atoms with Gasteiger partial charge in [-0.15, -0.1) is 0 Å². The van der Waals surface area contributed by atoms with Crippen molar-refractivity contribution < 1.29 is 0 Å². The highest BCUT2D eigenvalue weighted by Crippen LogP contribution is 2.35. The van der Waals surface area contributed by atoms with Crippen molar-refractivity contribution in [3.63, 3.8) is 0 Å². The van der Waals surface area contributed by atoms with E-state index < -0.39 is 0 Å². The molecule has 0 saturated heterocycles. The van der Waals surface area contributed by atoms with Crippen LogP contribution in [0.1, 0.15) is 26.3 Å². The molecule has 0 atom stereocenters. The van der Waals surface area contributed by atoms with Gasteiger partial charge in [0.2, 0.25) is 0 Å². The lowest BCUT2D eigenvalue weighted by atomic mass is 9.83. The Morgan fingerprint density at radius 1 is 1.22 bits per heavy atom. The fourth-order valence-electron chi connectivity index (χ4n) is 1.83. The van der Waals surface area contributed by atoms with E-state index in [0.29, 0.717) is 0 Å². The second kappa shape index (κ2) is 5.11. The Kier molecular flexibility index (Phi) is 3.71. The molecule has 0 fully saturated rings. The number of aromatic nitrogens is 2. The molecule has 0 spiro atoms. The van der Waals surface area contributed by atoms with Crippen molar-refractivity contribution in [3.05, 3.63) is 53.0 Å². The maximum atomic E-state index is 4.08. The lowest BCUT2D eigenvalue weighted by molar-refractivity contribution is 0.568. The molecule has 2 aromatic rings. The number of allylic oxidation sites excluding steroid dienone is 1. The summed E-state index contributed by atoms with van der Waals surface area (Å²) in [5, 5.41) is 0. The Morgan fingerprint density at radius 3 is 2.39 bits per heavy atom. The minimum absolute atomic E-state index is 0.0814. The lowest BCUT2D eigenvalue weighted by Crippen LogP contribution is -2.09. The van der Waals surface area contributed by atoms with E-state index in [1.165, 1.54) is 11.1 Å². The van der Waals surface area contributed by atoms with Gasteiger partial charge >= 0.3 is 0 Å². The van der Waals surface area contributed by atoms with Crippen molar-refractivity contribution in [1.82, 2.24) is 9.55 Å². The maximum absolute atomic E-state index is 4.08. The standard InChI is InChI=1S/C15H17BrN2/c1-15(2,3)14(10-18-9-8-17-11-18)12-4-6-13(16)7-5-12/h4-11H,1-3H3/b14-10-. The van der Waals surface area contributed by atoms with Crippen LogP contribution in [0.3, 0.4) is 0 Å². The van der Waals surface area contributed by atoms with E-state index >= 15 is 0 Å². The molecule has 1 aromatic carbocycles. The van der Waals surface area contributed by atoms with Crippen molar-refractivity contribution in [2.75, 3.05) is 0 Å². The summed E-state index contributed by atoms with van der Waals surface area (Å²) in [4.78, 5) is 4.08. The molecule has 2 nitrogen and oxygen atoms in total. The summed E-state index contributed by atoms with van der Waals surface area (Å²) >= 11 is 3.47. The first-order valence-corrected chi connectivity index (χ1v) is 6.72. The summed E-state index contributed by atoms with van der Waals surface area (Å²) in [7, 11) is 0. The van der Waals surface area contributed by atoms with Crippen LogP contribution < -0.4 is 0 Å². The molecule has 1 heterocycles. The van der Waals surface area contributed by atoms with Crippen LogP contribution in [0.2, 0.25) is 0 Å². The van der Waals surface area contributed by atoms with Crippen molar-refractivity contribution >= 4 is 27.7 Å². The van der Waals surface area contributed by atoms with Crippen LogP contribution in [0.5, 0.6) is 0 Å². The molecule has 2 rings (SSSR count). The number of hydrogen-bond donors (Lipinski definition) is 0. The van der Waals surface area contributed by atoms with E-state index in [4.69, 9.17) is 0 Å². The van der Waals surface area contributed by atoms with Gasteiger partial charge in [-0.2, -0.15) is 0 Å². The SMILES string of the molecule is CC(C)(C)/C(=C\n1ccnc1)c1ccc(Br)cc1. The summed E-state index contributed by atoms with van der Waals surface area (Å²) in [6.07, 6.45) is 7.68. The zero-order valence-corrected chi connectivity index (χ0v) is 12.5. The average molecular weight is 305 g/mol. The van der Waals surface area contributed by atoms with Gasteiger partial charge in [0.1, 0.15) is 0 Å². The van der Waals surface area contributed by atoms with Gasteiger partial charge < -0.3 is 4.57 Å². The van der Waals surface area contributed by atoms with Crippen LogP contribution in [0.15, 0.2) is 47.5 Å². The zero-order valence-electron chi connectivity index (χ0n) is 10.9. The fourth-order valence-corrected chi connectivity index (χ4v) is 2.09. The predicted octanol–water partition coefficient (Wildman–Crippen LogP) is 4.69. The fraction of sp³-hybridized carbons (Fsp3) is 0.267. The Labute approximate surface area is 116 Å². The highest BCUT2D eigenvalue weighted by molar-refractivity contribution is 9.10. The molecule has 0 unspecified atom stereocenters. The van der Waals surface area contributed by atoms with Gasteiger partial charge in [0.25, 0.3) is 0 Å². The van der Waals surface area contributed by atoms with Gasteiger partial charge in [0, 0.05) is 23.1 Å². The summed E-state index contributed by atoms with van der Waals surface area (Å²) in [6, 6.07) is 8.42. The first-order valence-electron chi connectivity index (χ1n) is 5.92. The third-order valence-corrected chi connectivity index (χ3v) is 3.29. The molecule has 94 valence electrons. The summed E-state index contributed by atoms with van der Waals surface area (Å²) < 4.78 is 3.09. The van der Waals surface area contributed by atoms with Crippen LogP contribution in [-0.2, 0) is 0 Å². The predicted molar refractivity (Wildman–Crippen MR) is 80.0 cm³/mol. The first kappa shape index (κ1) is 13.1. The van der Waals surface area contributed by atoms with E-state index in [2.05, 4.69) is 72.2 Å². The molecule has 1 aromatic heterocycles. The molecule has 0 N–H and O–H groups in total. The third-order valence-electron chi connectivity index (χ3n) is 2.77. The van der Waals surface area contributed by atoms with Gasteiger partial charge in [-0.3, -0.25) is 0 Å². The van der Waals surface area contributed by atoms with Gasteiger partial charge in [0.15, 0.2) is 0 Å². The van der Waals surface area contributed by atoms with Crippen LogP contribution in [0, 0.1) is 5.41 Å². The smallest absolute Gasteiger partial charge is 0.0986 e. The molecule has 18 heavy (non-hydrogen) atoms. The summed E-state index contributed by atoms with van der Waals surface area (Å²) in [5.41, 5.74) is 2.60. The Bertz CT molecular complexity index is 531. The second-order valence-electron chi connectivity index (χ2n) is 5.31. The molecule has 0 bridgehead atoms. The molecule has 0 radical (unpaired) electrons. The molecule has 0 aliphatic carbocycles. The molecule has 0 aliphatic heterocycles. The minimum Gasteiger partial charge on any atom is -0.313 e. The van der Waals surface area contributed by atoms with E-state index in [1.807, 2.05) is 17.1 Å². The number of imidazole rings is 1. The van der Waals surface area contributed by atoms with Crippen molar-refractivity contribution in [3.8, 4) is 0 Å². The van der Waals surface area contributed by atoms with E-state index in [0.717, 1.165) is 4.47 Å². The molecule has 0 saturated carbocycles. The number of hydrogen-bond acceptors (Lipinski definition) is 1. The largest absolute Gasteiger partial charge is 0.313 e. The number of nitrogens with zero attached hydrogens (tertiary/aromatic N) is 2. The maximum Gasteiger partial charge on any atom is 0.0986 e. The minimum atomic E-state index is 0.0814. The highest BCUT2D eigenvalue weighted by atomic mass is 79.9. The summed E-state index contributed by atoms with van der Waals surface area (Å²) in [6.45, 7) is 6.66. The van der Waals surface area contributed by atoms with Gasteiger partial charge in [-0.25, -0.2) is 4.98 Å². The van der Waals surface area contributed by atoms with E-state index in [-0.39, 0.29) is 5.41 Å². The van der Waals surface area contributed by atoms with Crippen LogP contribution in [-0.4, -0.2) is 9.55 Å².